The van der Waals surface area contributed by atoms with E-state index in [4.69, 9.17) is 5.11 Å². The Hall–Kier alpha value is -2.44. The fraction of sp³-hybridized carbons (Fsp3) is 0.100. The third kappa shape index (κ3) is 2.39. The number of carbonyl (C=O) groups is 1. The van der Waals surface area contributed by atoms with Gasteiger partial charge in [0.1, 0.15) is 5.82 Å². The lowest BCUT2D eigenvalue weighted by molar-refractivity contribution is 0.0696. The molecule has 0 saturated heterocycles. The van der Waals surface area contributed by atoms with Gasteiger partial charge < -0.3 is 5.11 Å². The first kappa shape index (κ1) is 11.1. The van der Waals surface area contributed by atoms with Gasteiger partial charge in [-0.15, -0.1) is 20.4 Å². The van der Waals surface area contributed by atoms with Crippen LogP contribution in [0.1, 0.15) is 16.2 Å². The number of hydrogen-bond donors (Lipinski definition) is 1. The Kier molecular flexibility index (Phi) is 2.73. The lowest BCUT2D eigenvalue weighted by atomic mass is 10.1. The Morgan fingerprint density at radius 2 is 1.82 bits per heavy atom. The van der Waals surface area contributed by atoms with Crippen molar-refractivity contribution in [2.24, 2.45) is 0 Å². The van der Waals surface area contributed by atoms with Gasteiger partial charge in [0.2, 0.25) is 5.82 Å². The molecule has 0 aliphatic carbocycles. The molecule has 1 heterocycles. The predicted octanol–water partition coefficient (Wildman–Crippen LogP) is 1.08. The summed E-state index contributed by atoms with van der Waals surface area (Å²) < 4.78 is 13.2. The van der Waals surface area contributed by atoms with Crippen molar-refractivity contribution in [2.45, 2.75) is 6.92 Å². The van der Waals surface area contributed by atoms with Gasteiger partial charge in [-0.2, -0.15) is 0 Å². The quantitative estimate of drug-likeness (QED) is 0.836. The van der Waals surface area contributed by atoms with Gasteiger partial charge >= 0.3 is 5.97 Å². The standard InChI is InChI=1S/C10H7FN4O2/c1-5-12-14-9(15-13-5)6-2-7(10(16)17)4-8(11)3-6/h2-4H,1H3,(H,16,17). The van der Waals surface area contributed by atoms with Gasteiger partial charge in [0, 0.05) is 5.56 Å². The highest BCUT2D eigenvalue weighted by atomic mass is 19.1. The minimum Gasteiger partial charge on any atom is -0.478 e. The van der Waals surface area contributed by atoms with E-state index in [0.29, 0.717) is 5.82 Å². The van der Waals surface area contributed by atoms with E-state index < -0.39 is 11.8 Å². The molecule has 0 amide bonds. The fourth-order valence-electron chi connectivity index (χ4n) is 1.24. The molecule has 0 atom stereocenters. The summed E-state index contributed by atoms with van der Waals surface area (Å²) in [5, 5.41) is 23.5. The van der Waals surface area contributed by atoms with Gasteiger partial charge in [0.25, 0.3) is 0 Å². The molecule has 0 saturated carbocycles. The lowest BCUT2D eigenvalue weighted by Gasteiger charge is -2.01. The van der Waals surface area contributed by atoms with E-state index in [-0.39, 0.29) is 17.0 Å². The van der Waals surface area contributed by atoms with Crippen molar-refractivity contribution < 1.29 is 14.3 Å². The third-order valence-electron chi connectivity index (χ3n) is 1.98. The monoisotopic (exact) mass is 234 g/mol. The molecule has 0 aliphatic rings. The molecule has 0 spiro atoms. The maximum Gasteiger partial charge on any atom is 0.335 e. The molecule has 2 aromatic rings. The molecule has 7 heteroatoms. The number of nitrogens with zero attached hydrogens (tertiary/aromatic N) is 4. The van der Waals surface area contributed by atoms with E-state index in [2.05, 4.69) is 20.4 Å². The number of carboxylic acids is 1. The number of aromatic carboxylic acids is 1. The van der Waals surface area contributed by atoms with E-state index in [9.17, 15) is 9.18 Å². The van der Waals surface area contributed by atoms with Gasteiger partial charge in [-0.1, -0.05) is 0 Å². The van der Waals surface area contributed by atoms with Gasteiger partial charge in [0.15, 0.2) is 5.82 Å². The summed E-state index contributed by atoms with van der Waals surface area (Å²) in [6.45, 7) is 1.61. The van der Waals surface area contributed by atoms with Crippen molar-refractivity contribution in [3.05, 3.63) is 35.4 Å². The zero-order valence-electron chi connectivity index (χ0n) is 8.75. The first-order valence-electron chi connectivity index (χ1n) is 4.64. The van der Waals surface area contributed by atoms with Gasteiger partial charge in [-0.05, 0) is 25.1 Å². The summed E-state index contributed by atoms with van der Waals surface area (Å²) in [7, 11) is 0. The summed E-state index contributed by atoms with van der Waals surface area (Å²) in [6.07, 6.45) is 0. The van der Waals surface area contributed by atoms with Crippen LogP contribution < -0.4 is 0 Å². The van der Waals surface area contributed by atoms with E-state index in [1.54, 1.807) is 6.92 Å². The van der Waals surface area contributed by atoms with Crippen LogP contribution in [0.4, 0.5) is 4.39 Å². The molecule has 1 N–H and O–H groups in total. The number of carboxylic acid groups (broad SMARTS) is 1. The highest BCUT2D eigenvalue weighted by molar-refractivity contribution is 5.89. The number of hydrogen-bond acceptors (Lipinski definition) is 5. The normalized spacial score (nSPS) is 10.2. The van der Waals surface area contributed by atoms with Crippen LogP contribution in [0.2, 0.25) is 0 Å². The van der Waals surface area contributed by atoms with Crippen LogP contribution >= 0.6 is 0 Å². The second kappa shape index (κ2) is 4.20. The van der Waals surface area contributed by atoms with Crippen LogP contribution in [-0.2, 0) is 0 Å². The lowest BCUT2D eigenvalue weighted by Crippen LogP contribution is -2.01. The summed E-state index contributed by atoms with van der Waals surface area (Å²) in [4.78, 5) is 10.8. The second-order valence-electron chi connectivity index (χ2n) is 3.30. The van der Waals surface area contributed by atoms with E-state index in [1.165, 1.54) is 6.07 Å². The average Bonchev–Trinajstić information content (AvgIpc) is 2.29. The van der Waals surface area contributed by atoms with Crippen molar-refractivity contribution in [3.8, 4) is 11.4 Å². The molecular weight excluding hydrogens is 227 g/mol. The minimum absolute atomic E-state index is 0.0811. The summed E-state index contributed by atoms with van der Waals surface area (Å²) in [6, 6.07) is 3.31. The van der Waals surface area contributed by atoms with E-state index >= 15 is 0 Å². The van der Waals surface area contributed by atoms with Crippen molar-refractivity contribution in [1.29, 1.82) is 0 Å². The maximum absolute atomic E-state index is 13.2. The Morgan fingerprint density at radius 1 is 1.18 bits per heavy atom. The number of halogens is 1. The van der Waals surface area contributed by atoms with E-state index in [0.717, 1.165) is 12.1 Å². The number of rotatable bonds is 2. The SMILES string of the molecule is Cc1nnc(-c2cc(F)cc(C(=O)O)c2)nn1. The Labute approximate surface area is 95.2 Å². The maximum atomic E-state index is 13.2. The second-order valence-corrected chi connectivity index (χ2v) is 3.30. The highest BCUT2D eigenvalue weighted by Gasteiger charge is 2.10. The molecule has 86 valence electrons. The Bertz CT molecular complexity index is 571. The molecule has 0 aliphatic heterocycles. The molecule has 6 nitrogen and oxygen atoms in total. The molecule has 0 fully saturated rings. The van der Waals surface area contributed by atoms with Crippen molar-refractivity contribution in [1.82, 2.24) is 20.4 Å². The van der Waals surface area contributed by atoms with Gasteiger partial charge in [-0.3, -0.25) is 0 Å². The molecular formula is C10H7FN4O2. The molecule has 2 rings (SSSR count). The molecule has 0 unspecified atom stereocenters. The fourth-order valence-corrected chi connectivity index (χ4v) is 1.24. The largest absolute Gasteiger partial charge is 0.478 e. The number of aryl methyl sites for hydroxylation is 1. The number of aromatic nitrogens is 4. The van der Waals surface area contributed by atoms with Crippen LogP contribution in [0.5, 0.6) is 0 Å². The number of benzene rings is 1. The minimum atomic E-state index is -1.22. The van der Waals surface area contributed by atoms with Crippen LogP contribution in [0.25, 0.3) is 11.4 Å². The highest BCUT2D eigenvalue weighted by Crippen LogP contribution is 2.17. The zero-order chi connectivity index (χ0) is 12.4. The smallest absolute Gasteiger partial charge is 0.335 e. The van der Waals surface area contributed by atoms with Crippen LogP contribution in [0, 0.1) is 12.7 Å². The van der Waals surface area contributed by atoms with Crippen LogP contribution in [0.3, 0.4) is 0 Å². The van der Waals surface area contributed by atoms with Crippen molar-refractivity contribution in [3.63, 3.8) is 0 Å². The topological polar surface area (TPSA) is 88.9 Å². The Balaban J connectivity index is 2.51. The third-order valence-corrected chi connectivity index (χ3v) is 1.98. The zero-order valence-corrected chi connectivity index (χ0v) is 8.75. The van der Waals surface area contributed by atoms with Crippen LogP contribution in [0.15, 0.2) is 18.2 Å². The summed E-state index contributed by atoms with van der Waals surface area (Å²) in [5.41, 5.74) is 0.0478. The predicted molar refractivity (Wildman–Crippen MR) is 54.7 cm³/mol. The summed E-state index contributed by atoms with van der Waals surface area (Å²) >= 11 is 0. The summed E-state index contributed by atoms with van der Waals surface area (Å²) in [5.74, 6) is -1.44. The molecule has 0 bridgehead atoms. The van der Waals surface area contributed by atoms with Crippen molar-refractivity contribution in [2.75, 3.05) is 0 Å². The van der Waals surface area contributed by atoms with Crippen molar-refractivity contribution >= 4 is 5.97 Å². The average molecular weight is 234 g/mol. The van der Waals surface area contributed by atoms with Gasteiger partial charge in [-0.25, -0.2) is 9.18 Å². The first-order chi connectivity index (χ1) is 8.06. The molecule has 17 heavy (non-hydrogen) atoms. The molecule has 0 radical (unpaired) electrons. The molecule has 1 aromatic carbocycles. The first-order valence-corrected chi connectivity index (χ1v) is 4.64. The van der Waals surface area contributed by atoms with Crippen LogP contribution in [-0.4, -0.2) is 31.5 Å². The van der Waals surface area contributed by atoms with Gasteiger partial charge in [0.05, 0.1) is 5.56 Å². The van der Waals surface area contributed by atoms with E-state index in [1.807, 2.05) is 0 Å². The molecule has 1 aromatic heterocycles. The Morgan fingerprint density at radius 3 is 2.41 bits per heavy atom.